The van der Waals surface area contributed by atoms with Gasteiger partial charge in [0.05, 0.1) is 22.9 Å². The van der Waals surface area contributed by atoms with Crippen LogP contribution < -0.4 is 15.0 Å². The number of hydrogen-bond donors (Lipinski definition) is 1. The Hall–Kier alpha value is -4.40. The molecule has 1 saturated heterocycles. The Morgan fingerprint density at radius 2 is 1.63 bits per heavy atom. The molecule has 0 aliphatic carbocycles. The maximum absolute atomic E-state index is 12.9. The zero-order valence-corrected chi connectivity index (χ0v) is 19.3. The van der Waals surface area contributed by atoms with Crippen LogP contribution in [-0.4, -0.2) is 54.4 Å². The lowest BCUT2D eigenvalue weighted by Crippen LogP contribution is -2.49. The predicted molar refractivity (Wildman–Crippen MR) is 133 cm³/mol. The number of anilines is 2. The average Bonchev–Trinajstić information content (AvgIpc) is 2.89. The van der Waals surface area contributed by atoms with Crippen LogP contribution >= 0.6 is 0 Å². The fourth-order valence-electron chi connectivity index (χ4n) is 4.04. The molecule has 1 N–H and O–H groups in total. The lowest BCUT2D eigenvalue weighted by molar-refractivity contribution is -0.385. The number of nitrogens with one attached hydrogen (secondary N) is 1. The lowest BCUT2D eigenvalue weighted by Gasteiger charge is -2.37. The number of carbonyl (C=O) groups is 2. The molecule has 9 heteroatoms. The molecule has 3 aromatic rings. The van der Waals surface area contributed by atoms with Gasteiger partial charge in [0.1, 0.15) is 0 Å². The first kappa shape index (κ1) is 23.7. The van der Waals surface area contributed by atoms with E-state index >= 15 is 0 Å². The smallest absolute Gasteiger partial charge is 0.311 e. The second kappa shape index (κ2) is 10.7. The summed E-state index contributed by atoms with van der Waals surface area (Å²) in [6, 6.07) is 20.8. The van der Waals surface area contributed by atoms with Crippen LogP contribution in [0.2, 0.25) is 0 Å². The van der Waals surface area contributed by atoms with Gasteiger partial charge in [-0.3, -0.25) is 19.7 Å². The average molecular weight is 475 g/mol. The van der Waals surface area contributed by atoms with Crippen LogP contribution in [0.3, 0.4) is 0 Å². The van der Waals surface area contributed by atoms with Crippen LogP contribution in [0.25, 0.3) is 0 Å². The Balaban J connectivity index is 1.46. The van der Waals surface area contributed by atoms with Crippen molar-refractivity contribution >= 4 is 28.9 Å². The van der Waals surface area contributed by atoms with E-state index in [0.29, 0.717) is 37.4 Å². The van der Waals surface area contributed by atoms with Crippen molar-refractivity contribution in [1.82, 2.24) is 4.90 Å². The molecule has 3 aromatic carbocycles. The highest BCUT2D eigenvalue weighted by Gasteiger charge is 2.24. The first-order valence-corrected chi connectivity index (χ1v) is 11.4. The zero-order chi connectivity index (χ0) is 24.8. The van der Waals surface area contributed by atoms with E-state index in [1.54, 1.807) is 13.0 Å². The zero-order valence-electron chi connectivity index (χ0n) is 19.3. The molecule has 2 amide bonds. The van der Waals surface area contributed by atoms with Crippen molar-refractivity contribution in [3.05, 3.63) is 94.0 Å². The normalized spacial score (nSPS) is 13.3. The van der Waals surface area contributed by atoms with Crippen molar-refractivity contribution < 1.29 is 19.2 Å². The van der Waals surface area contributed by atoms with Gasteiger partial charge in [-0.2, -0.15) is 0 Å². The van der Waals surface area contributed by atoms with Gasteiger partial charge >= 0.3 is 5.69 Å². The molecule has 1 aliphatic heterocycles. The molecular formula is C26H26N4O5. The number of para-hydroxylation sites is 2. The van der Waals surface area contributed by atoms with Crippen molar-refractivity contribution in [1.29, 1.82) is 0 Å². The van der Waals surface area contributed by atoms with E-state index in [0.717, 1.165) is 5.69 Å². The van der Waals surface area contributed by atoms with E-state index in [1.807, 2.05) is 53.4 Å². The number of hydrogen-bond acceptors (Lipinski definition) is 6. The molecule has 0 atom stereocenters. The number of rotatable bonds is 7. The second-order valence-corrected chi connectivity index (χ2v) is 7.99. The maximum atomic E-state index is 12.9. The number of amides is 2. The number of piperazine rings is 1. The first-order valence-electron chi connectivity index (χ1n) is 11.4. The molecule has 1 aliphatic rings. The molecule has 1 heterocycles. The molecular weight excluding hydrogens is 448 g/mol. The highest BCUT2D eigenvalue weighted by molar-refractivity contribution is 6.06. The number of nitrogens with zero attached hydrogens (tertiary/aromatic N) is 3. The third-order valence-electron chi connectivity index (χ3n) is 5.80. The van der Waals surface area contributed by atoms with Crippen LogP contribution in [0, 0.1) is 10.1 Å². The first-order chi connectivity index (χ1) is 17.0. The summed E-state index contributed by atoms with van der Waals surface area (Å²) < 4.78 is 5.30. The molecule has 0 aromatic heterocycles. The SMILES string of the molecule is CCOc1ccc(C(=O)Nc2ccccc2N2CCN(C(=O)c3ccccc3)CC2)cc1[N+](=O)[O-]. The quantitative estimate of drug-likeness (QED) is 0.406. The molecule has 0 radical (unpaired) electrons. The van der Waals surface area contributed by atoms with Gasteiger partial charge < -0.3 is 19.9 Å². The Bertz CT molecular complexity index is 1220. The maximum Gasteiger partial charge on any atom is 0.311 e. The summed E-state index contributed by atoms with van der Waals surface area (Å²) >= 11 is 0. The molecule has 0 unspecified atom stereocenters. The van der Waals surface area contributed by atoms with Crippen molar-refractivity contribution in [3.8, 4) is 5.75 Å². The van der Waals surface area contributed by atoms with E-state index in [1.165, 1.54) is 18.2 Å². The van der Waals surface area contributed by atoms with E-state index < -0.39 is 10.8 Å². The lowest BCUT2D eigenvalue weighted by atomic mass is 10.1. The Morgan fingerprint density at radius 1 is 0.943 bits per heavy atom. The van der Waals surface area contributed by atoms with Gasteiger partial charge in [0, 0.05) is 43.4 Å². The van der Waals surface area contributed by atoms with Crippen LogP contribution in [0.5, 0.6) is 5.75 Å². The molecule has 0 bridgehead atoms. The van der Waals surface area contributed by atoms with Gasteiger partial charge in [0.25, 0.3) is 11.8 Å². The minimum absolute atomic E-state index is 0.00364. The second-order valence-electron chi connectivity index (χ2n) is 7.99. The van der Waals surface area contributed by atoms with E-state index in [9.17, 15) is 19.7 Å². The largest absolute Gasteiger partial charge is 0.487 e. The summed E-state index contributed by atoms with van der Waals surface area (Å²) in [5, 5.41) is 14.3. The molecule has 180 valence electrons. The van der Waals surface area contributed by atoms with Crippen LogP contribution in [-0.2, 0) is 0 Å². The summed E-state index contributed by atoms with van der Waals surface area (Å²) in [6.45, 7) is 4.35. The van der Waals surface area contributed by atoms with Gasteiger partial charge in [-0.05, 0) is 43.3 Å². The molecule has 9 nitrogen and oxygen atoms in total. The Kier molecular flexibility index (Phi) is 7.25. The van der Waals surface area contributed by atoms with Gasteiger partial charge in [-0.1, -0.05) is 30.3 Å². The summed E-state index contributed by atoms with van der Waals surface area (Å²) in [5.41, 5.74) is 1.99. The minimum Gasteiger partial charge on any atom is -0.487 e. The van der Waals surface area contributed by atoms with Crippen molar-refractivity contribution in [2.75, 3.05) is 43.0 Å². The van der Waals surface area contributed by atoms with Crippen molar-refractivity contribution in [3.63, 3.8) is 0 Å². The van der Waals surface area contributed by atoms with Crippen LogP contribution in [0.1, 0.15) is 27.6 Å². The fourth-order valence-corrected chi connectivity index (χ4v) is 4.04. The van der Waals surface area contributed by atoms with Gasteiger partial charge in [0.15, 0.2) is 5.75 Å². The monoisotopic (exact) mass is 474 g/mol. The van der Waals surface area contributed by atoms with E-state index in [4.69, 9.17) is 4.74 Å². The Labute approximate surface area is 203 Å². The predicted octanol–water partition coefficient (Wildman–Crippen LogP) is 4.21. The molecule has 0 saturated carbocycles. The van der Waals surface area contributed by atoms with Gasteiger partial charge in [-0.15, -0.1) is 0 Å². The fraction of sp³-hybridized carbons (Fsp3) is 0.231. The Morgan fingerprint density at radius 3 is 2.31 bits per heavy atom. The molecule has 4 rings (SSSR count). The van der Waals surface area contributed by atoms with Crippen LogP contribution in [0.4, 0.5) is 17.1 Å². The van der Waals surface area contributed by atoms with E-state index in [-0.39, 0.29) is 29.5 Å². The number of nitro groups is 1. The standard InChI is InChI=1S/C26H26N4O5/c1-2-35-24-13-12-20(18-23(24)30(33)34)25(31)27-21-10-6-7-11-22(21)28-14-16-29(17-15-28)26(32)19-8-4-3-5-9-19/h3-13,18H,2,14-17H2,1H3,(H,27,31). The van der Waals surface area contributed by atoms with Crippen molar-refractivity contribution in [2.24, 2.45) is 0 Å². The minimum atomic E-state index is -0.564. The summed E-state index contributed by atoms with van der Waals surface area (Å²) in [6.07, 6.45) is 0. The number of carbonyl (C=O) groups excluding carboxylic acids is 2. The topological polar surface area (TPSA) is 105 Å². The summed E-state index contributed by atoms with van der Waals surface area (Å²) in [7, 11) is 0. The van der Waals surface area contributed by atoms with Gasteiger partial charge in [-0.25, -0.2) is 0 Å². The number of ether oxygens (including phenoxy) is 1. The van der Waals surface area contributed by atoms with Crippen LogP contribution in [0.15, 0.2) is 72.8 Å². The number of benzene rings is 3. The summed E-state index contributed by atoms with van der Waals surface area (Å²) in [4.78, 5) is 40.5. The molecule has 0 spiro atoms. The third-order valence-corrected chi connectivity index (χ3v) is 5.80. The van der Waals surface area contributed by atoms with E-state index in [2.05, 4.69) is 10.2 Å². The van der Waals surface area contributed by atoms with Crippen molar-refractivity contribution in [2.45, 2.75) is 6.92 Å². The number of nitro benzene ring substituents is 1. The highest BCUT2D eigenvalue weighted by Crippen LogP contribution is 2.30. The molecule has 35 heavy (non-hydrogen) atoms. The third kappa shape index (κ3) is 5.40. The molecule has 1 fully saturated rings. The summed E-state index contributed by atoms with van der Waals surface area (Å²) in [5.74, 6) is -0.331. The van der Waals surface area contributed by atoms with Gasteiger partial charge in [0.2, 0.25) is 0 Å². The highest BCUT2D eigenvalue weighted by atomic mass is 16.6.